The van der Waals surface area contributed by atoms with E-state index in [0.29, 0.717) is 6.07 Å². The summed E-state index contributed by atoms with van der Waals surface area (Å²) in [5.74, 6) is -1.10. The third-order valence-corrected chi connectivity index (χ3v) is 3.86. The summed E-state index contributed by atoms with van der Waals surface area (Å²) in [4.78, 5) is 16.3. The van der Waals surface area contributed by atoms with E-state index in [1.165, 1.54) is 12.3 Å². The van der Waals surface area contributed by atoms with E-state index in [2.05, 4.69) is 9.97 Å². The number of nitrogens with zero attached hydrogens (tertiary/aromatic N) is 3. The van der Waals surface area contributed by atoms with Crippen LogP contribution >= 0.6 is 11.6 Å². The van der Waals surface area contributed by atoms with Crippen molar-refractivity contribution in [2.45, 2.75) is 4.90 Å². The third kappa shape index (κ3) is 3.41. The summed E-state index contributed by atoms with van der Waals surface area (Å²) in [6, 6.07) is 3.31. The standard InChI is InChI=1S/C10H6ClFN4O4S/c11-10-13-4-3-9(14-10)15-21(19,20)8-2-1-6(12)5-7(8)16(17)18/h1-5H,(H,13,14,15). The lowest BCUT2D eigenvalue weighted by Gasteiger charge is -2.07. The molecule has 11 heteroatoms. The van der Waals surface area contributed by atoms with Gasteiger partial charge in [-0.25, -0.2) is 17.8 Å². The van der Waals surface area contributed by atoms with Gasteiger partial charge in [-0.3, -0.25) is 14.8 Å². The first kappa shape index (κ1) is 15.1. The van der Waals surface area contributed by atoms with E-state index in [-0.39, 0.29) is 11.1 Å². The van der Waals surface area contributed by atoms with Gasteiger partial charge >= 0.3 is 0 Å². The molecule has 2 rings (SSSR count). The zero-order chi connectivity index (χ0) is 15.6. The minimum atomic E-state index is -4.33. The molecule has 0 amide bonds. The van der Waals surface area contributed by atoms with Crippen molar-refractivity contribution in [2.75, 3.05) is 4.72 Å². The fourth-order valence-electron chi connectivity index (χ4n) is 1.44. The maximum absolute atomic E-state index is 13.0. The van der Waals surface area contributed by atoms with E-state index in [9.17, 15) is 22.9 Å². The van der Waals surface area contributed by atoms with Crippen molar-refractivity contribution in [1.82, 2.24) is 9.97 Å². The van der Waals surface area contributed by atoms with Crippen molar-refractivity contribution in [1.29, 1.82) is 0 Å². The molecule has 1 N–H and O–H groups in total. The van der Waals surface area contributed by atoms with Crippen LogP contribution in [0.2, 0.25) is 5.28 Å². The van der Waals surface area contributed by atoms with Crippen molar-refractivity contribution in [3.63, 3.8) is 0 Å². The van der Waals surface area contributed by atoms with Crippen LogP contribution in [-0.2, 0) is 10.0 Å². The van der Waals surface area contributed by atoms with Crippen LogP contribution in [0.25, 0.3) is 0 Å². The highest BCUT2D eigenvalue weighted by Crippen LogP contribution is 2.26. The van der Waals surface area contributed by atoms with Crippen LogP contribution in [0.3, 0.4) is 0 Å². The summed E-state index contributed by atoms with van der Waals surface area (Å²) >= 11 is 5.51. The van der Waals surface area contributed by atoms with E-state index in [0.717, 1.165) is 12.1 Å². The molecule has 1 heterocycles. The number of aromatic nitrogens is 2. The van der Waals surface area contributed by atoms with E-state index in [1.54, 1.807) is 0 Å². The quantitative estimate of drug-likeness (QED) is 0.520. The summed E-state index contributed by atoms with van der Waals surface area (Å²) in [5.41, 5.74) is -0.886. The molecule has 0 saturated carbocycles. The second-order valence-electron chi connectivity index (χ2n) is 3.69. The summed E-state index contributed by atoms with van der Waals surface area (Å²) in [5, 5.41) is 10.6. The Balaban J connectivity index is 2.47. The summed E-state index contributed by atoms with van der Waals surface area (Å²) in [6.45, 7) is 0. The lowest BCUT2D eigenvalue weighted by atomic mass is 10.3. The molecular weight excluding hydrogens is 327 g/mol. The molecule has 0 aliphatic rings. The van der Waals surface area contributed by atoms with Gasteiger partial charge in [-0.2, -0.15) is 4.98 Å². The molecule has 0 saturated heterocycles. The van der Waals surface area contributed by atoms with Gasteiger partial charge in [0.15, 0.2) is 4.90 Å². The number of hydrogen-bond donors (Lipinski definition) is 1. The van der Waals surface area contributed by atoms with Crippen molar-refractivity contribution in [2.24, 2.45) is 0 Å². The number of nitrogens with one attached hydrogen (secondary N) is 1. The second kappa shape index (κ2) is 5.58. The molecule has 1 aromatic heterocycles. The van der Waals surface area contributed by atoms with Crippen LogP contribution in [0, 0.1) is 15.9 Å². The zero-order valence-corrected chi connectivity index (χ0v) is 11.6. The Morgan fingerprint density at radius 2 is 2.05 bits per heavy atom. The van der Waals surface area contributed by atoms with E-state index in [4.69, 9.17) is 11.6 Å². The summed E-state index contributed by atoms with van der Waals surface area (Å²) < 4.78 is 39.2. The maximum atomic E-state index is 13.0. The normalized spacial score (nSPS) is 11.1. The highest BCUT2D eigenvalue weighted by molar-refractivity contribution is 7.92. The van der Waals surface area contributed by atoms with E-state index < -0.39 is 31.3 Å². The molecule has 2 aromatic rings. The fraction of sp³-hybridized carbons (Fsp3) is 0. The Morgan fingerprint density at radius 1 is 1.33 bits per heavy atom. The number of nitro benzene ring substituents is 1. The SMILES string of the molecule is O=[N+]([O-])c1cc(F)ccc1S(=O)(=O)Nc1ccnc(Cl)n1. The molecule has 0 spiro atoms. The lowest BCUT2D eigenvalue weighted by molar-refractivity contribution is -0.388. The van der Waals surface area contributed by atoms with Crippen LogP contribution in [0.4, 0.5) is 15.9 Å². The average Bonchev–Trinajstić information content (AvgIpc) is 2.37. The van der Waals surface area contributed by atoms with Gasteiger partial charge < -0.3 is 0 Å². The van der Waals surface area contributed by atoms with Crippen molar-refractivity contribution >= 4 is 33.1 Å². The second-order valence-corrected chi connectivity index (χ2v) is 5.67. The summed E-state index contributed by atoms with van der Waals surface area (Å²) in [6.07, 6.45) is 1.20. The largest absolute Gasteiger partial charge is 0.292 e. The number of sulfonamides is 1. The van der Waals surface area contributed by atoms with Crippen LogP contribution < -0.4 is 4.72 Å². The number of anilines is 1. The van der Waals surface area contributed by atoms with Gasteiger partial charge in [0, 0.05) is 6.20 Å². The molecule has 110 valence electrons. The minimum Gasteiger partial charge on any atom is -0.263 e. The fourth-order valence-corrected chi connectivity index (χ4v) is 2.75. The molecule has 8 nitrogen and oxygen atoms in total. The first-order valence-electron chi connectivity index (χ1n) is 5.25. The van der Waals surface area contributed by atoms with Crippen LogP contribution in [-0.4, -0.2) is 23.3 Å². The van der Waals surface area contributed by atoms with Gasteiger partial charge in [-0.1, -0.05) is 0 Å². The zero-order valence-electron chi connectivity index (χ0n) is 10.0. The Bertz CT molecular complexity index is 814. The average molecular weight is 333 g/mol. The molecular formula is C10H6ClFN4O4S. The third-order valence-electron chi connectivity index (χ3n) is 2.27. The number of rotatable bonds is 4. The molecule has 0 unspecified atom stereocenters. The Morgan fingerprint density at radius 3 is 2.67 bits per heavy atom. The molecule has 0 bridgehead atoms. The number of halogens is 2. The van der Waals surface area contributed by atoms with Gasteiger partial charge in [0.2, 0.25) is 5.28 Å². The van der Waals surface area contributed by atoms with E-state index in [1.807, 2.05) is 4.72 Å². The Labute approximate surface area is 122 Å². The summed E-state index contributed by atoms with van der Waals surface area (Å²) in [7, 11) is -4.33. The Hall–Kier alpha value is -2.33. The lowest BCUT2D eigenvalue weighted by Crippen LogP contribution is -2.15. The first-order chi connectivity index (χ1) is 9.79. The molecule has 0 aliphatic carbocycles. The maximum Gasteiger partial charge on any atom is 0.292 e. The molecule has 0 aliphatic heterocycles. The molecule has 0 radical (unpaired) electrons. The minimum absolute atomic E-state index is 0.173. The first-order valence-corrected chi connectivity index (χ1v) is 7.11. The molecule has 0 fully saturated rings. The van der Waals surface area contributed by atoms with Gasteiger partial charge in [0.1, 0.15) is 11.6 Å². The van der Waals surface area contributed by atoms with Crippen LogP contribution in [0.15, 0.2) is 35.4 Å². The topological polar surface area (TPSA) is 115 Å². The van der Waals surface area contributed by atoms with Crippen LogP contribution in [0.5, 0.6) is 0 Å². The van der Waals surface area contributed by atoms with Gasteiger partial charge in [0.05, 0.1) is 11.0 Å². The van der Waals surface area contributed by atoms with Crippen LogP contribution in [0.1, 0.15) is 0 Å². The van der Waals surface area contributed by atoms with Gasteiger partial charge in [0.25, 0.3) is 15.7 Å². The molecule has 21 heavy (non-hydrogen) atoms. The predicted molar refractivity (Wildman–Crippen MR) is 70.9 cm³/mol. The predicted octanol–water partition coefficient (Wildman–Crippen LogP) is 1.98. The number of hydrogen-bond acceptors (Lipinski definition) is 6. The van der Waals surface area contributed by atoms with E-state index >= 15 is 0 Å². The van der Waals surface area contributed by atoms with Crippen molar-refractivity contribution in [3.05, 3.63) is 51.7 Å². The van der Waals surface area contributed by atoms with Crippen molar-refractivity contribution < 1.29 is 17.7 Å². The monoisotopic (exact) mass is 332 g/mol. The molecule has 0 atom stereocenters. The van der Waals surface area contributed by atoms with Gasteiger partial charge in [-0.15, -0.1) is 0 Å². The number of benzene rings is 1. The van der Waals surface area contributed by atoms with Crippen molar-refractivity contribution in [3.8, 4) is 0 Å². The molecule has 1 aromatic carbocycles. The highest BCUT2D eigenvalue weighted by Gasteiger charge is 2.26. The van der Waals surface area contributed by atoms with Gasteiger partial charge in [-0.05, 0) is 29.8 Å². The number of nitro groups is 1. The Kier molecular flexibility index (Phi) is 4.00. The smallest absolute Gasteiger partial charge is 0.263 e. The highest BCUT2D eigenvalue weighted by atomic mass is 35.5.